The molecule has 3 aliphatic rings. The van der Waals surface area contributed by atoms with Crippen molar-refractivity contribution in [1.82, 2.24) is 9.80 Å². The van der Waals surface area contributed by atoms with Crippen LogP contribution in [0, 0.1) is 16.7 Å². The normalized spacial score (nSPS) is 31.4. The first-order valence-electron chi connectivity index (χ1n) is 10.5. The van der Waals surface area contributed by atoms with Crippen LogP contribution < -0.4 is 9.47 Å². The third kappa shape index (κ3) is 3.86. The number of benzene rings is 1. The second-order valence-corrected chi connectivity index (χ2v) is 12.1. The van der Waals surface area contributed by atoms with Gasteiger partial charge in [-0.2, -0.15) is 5.26 Å². The van der Waals surface area contributed by atoms with E-state index in [1.807, 2.05) is 0 Å². The molecule has 3 heterocycles. The average molecular weight is 558 g/mol. The van der Waals surface area contributed by atoms with Gasteiger partial charge in [0.2, 0.25) is 17.0 Å². The molecular formula is C22H21Cl2N3O6S2. The van der Waals surface area contributed by atoms with Crippen LogP contribution in [0.3, 0.4) is 0 Å². The molecule has 4 atom stereocenters. The number of carbonyl (C=O) groups excluding carboxylic acids is 4. The molecule has 3 aliphatic heterocycles. The molecule has 1 aromatic rings. The van der Waals surface area contributed by atoms with Gasteiger partial charge < -0.3 is 19.3 Å². The number of alkyl halides is 2. The Morgan fingerprint density at radius 2 is 1.74 bits per heavy atom. The van der Waals surface area contributed by atoms with Crippen LogP contribution in [0.5, 0.6) is 11.5 Å². The zero-order chi connectivity index (χ0) is 25.8. The van der Waals surface area contributed by atoms with E-state index in [9.17, 15) is 24.4 Å². The van der Waals surface area contributed by atoms with Gasteiger partial charge in [-0.15, -0.1) is 23.2 Å². The summed E-state index contributed by atoms with van der Waals surface area (Å²) in [5, 5.41) is 9.27. The van der Waals surface area contributed by atoms with E-state index in [1.165, 1.54) is 18.9 Å². The first kappa shape index (κ1) is 25.9. The molecule has 186 valence electrons. The highest BCUT2D eigenvalue weighted by Gasteiger charge is 2.71. The smallest absolute Gasteiger partial charge is 0.261 e. The average Bonchev–Trinajstić information content (AvgIpc) is 3.41. The molecule has 2 fully saturated rings. The number of fused-ring (bicyclic) bond motifs is 2. The van der Waals surface area contributed by atoms with Crippen molar-refractivity contribution >= 4 is 68.8 Å². The number of halogens is 2. The molecule has 0 radical (unpaired) electrons. The molecule has 0 aliphatic carbocycles. The number of hydrogen-bond donors (Lipinski definition) is 0. The minimum atomic E-state index is -1.73. The fraction of sp³-hybridized carbons (Fsp3) is 0.500. The molecule has 0 unspecified atom stereocenters. The standard InChI is InChI=1S/C22H21Cl2N3O6S2/c1-20(10-25)9-22(35-16(29)8-24)19(31)26(3)21(2,34-15(28)7-23)18(30)27(22)17(20)12-4-5-13-14(6-12)33-11-32-13/h4-6,17H,7-9,11H2,1-3H3/t17-,20+,21-,22-/m0/s1. The maximum atomic E-state index is 14.2. The van der Waals surface area contributed by atoms with E-state index < -0.39 is 43.2 Å². The number of carbonyl (C=O) groups is 4. The number of amides is 2. The van der Waals surface area contributed by atoms with Gasteiger partial charge in [0.15, 0.2) is 21.2 Å². The summed E-state index contributed by atoms with van der Waals surface area (Å²) in [4.78, 5) is 52.2. The van der Waals surface area contributed by atoms with Crippen LogP contribution in [-0.4, -0.2) is 67.2 Å². The molecule has 0 saturated carbocycles. The fourth-order valence-electron chi connectivity index (χ4n) is 4.86. The number of hydrogen-bond acceptors (Lipinski definition) is 9. The van der Waals surface area contributed by atoms with E-state index in [4.69, 9.17) is 32.7 Å². The lowest BCUT2D eigenvalue weighted by Gasteiger charge is -2.52. The lowest BCUT2D eigenvalue weighted by Crippen LogP contribution is -2.71. The highest BCUT2D eigenvalue weighted by molar-refractivity contribution is 8.16. The minimum absolute atomic E-state index is 0.0319. The Kier molecular flexibility index (Phi) is 6.72. The first-order chi connectivity index (χ1) is 16.5. The molecule has 9 nitrogen and oxygen atoms in total. The van der Waals surface area contributed by atoms with Crippen molar-refractivity contribution in [1.29, 1.82) is 5.26 Å². The molecule has 0 aromatic heterocycles. The summed E-state index contributed by atoms with van der Waals surface area (Å²) in [6.07, 6.45) is -0.123. The van der Waals surface area contributed by atoms with Crippen molar-refractivity contribution in [2.75, 3.05) is 25.6 Å². The van der Waals surface area contributed by atoms with Gasteiger partial charge in [-0.05, 0) is 55.1 Å². The van der Waals surface area contributed by atoms with Gasteiger partial charge in [-0.25, -0.2) is 0 Å². The number of piperazine rings is 1. The van der Waals surface area contributed by atoms with Gasteiger partial charge in [-0.3, -0.25) is 19.2 Å². The van der Waals surface area contributed by atoms with Crippen molar-refractivity contribution in [2.45, 2.75) is 36.1 Å². The molecule has 13 heteroatoms. The number of ether oxygens (including phenoxy) is 2. The molecule has 4 rings (SSSR count). The Labute approximate surface area is 220 Å². The Morgan fingerprint density at radius 1 is 1.11 bits per heavy atom. The summed E-state index contributed by atoms with van der Waals surface area (Å²) in [7, 11) is 1.40. The lowest BCUT2D eigenvalue weighted by molar-refractivity contribution is -0.163. The Bertz CT molecular complexity index is 1180. The number of likely N-dealkylation sites (N-methyl/N-ethyl adjacent to an activating group) is 1. The van der Waals surface area contributed by atoms with Gasteiger partial charge in [0, 0.05) is 13.5 Å². The van der Waals surface area contributed by atoms with Crippen molar-refractivity contribution in [3.05, 3.63) is 23.8 Å². The fourth-order valence-corrected chi connectivity index (χ4v) is 7.41. The summed E-state index contributed by atoms with van der Waals surface area (Å²) in [6.45, 7) is 3.13. The van der Waals surface area contributed by atoms with Crippen LogP contribution in [-0.2, 0) is 19.2 Å². The predicted molar refractivity (Wildman–Crippen MR) is 131 cm³/mol. The van der Waals surface area contributed by atoms with Crippen molar-refractivity contribution in [3.8, 4) is 17.6 Å². The third-order valence-corrected chi connectivity index (χ3v) is 9.78. The second-order valence-electron chi connectivity index (χ2n) is 8.74. The Hall–Kier alpha value is -2.13. The number of nitrogens with zero attached hydrogens (tertiary/aromatic N) is 3. The molecule has 0 bridgehead atoms. The van der Waals surface area contributed by atoms with Crippen LogP contribution >= 0.6 is 46.7 Å². The van der Waals surface area contributed by atoms with Crippen LogP contribution in [0.25, 0.3) is 0 Å². The zero-order valence-electron chi connectivity index (χ0n) is 19.0. The zero-order valence-corrected chi connectivity index (χ0v) is 22.1. The predicted octanol–water partition coefficient (Wildman–Crippen LogP) is 3.10. The monoisotopic (exact) mass is 557 g/mol. The van der Waals surface area contributed by atoms with Gasteiger partial charge in [0.25, 0.3) is 11.8 Å². The van der Waals surface area contributed by atoms with Crippen molar-refractivity contribution < 1.29 is 28.7 Å². The van der Waals surface area contributed by atoms with E-state index in [-0.39, 0.29) is 25.0 Å². The SMILES string of the molecule is CN1C(=O)[C@@]2(SC(=O)CCl)C[C@](C)(C#N)[C@H](c3ccc4c(c3)OCO4)N2C(=O)[C@]1(C)SC(=O)CCl. The molecule has 0 N–H and O–H groups in total. The molecule has 0 spiro atoms. The number of nitriles is 1. The largest absolute Gasteiger partial charge is 0.454 e. The van der Waals surface area contributed by atoms with Crippen molar-refractivity contribution in [3.63, 3.8) is 0 Å². The second kappa shape index (κ2) is 9.07. The van der Waals surface area contributed by atoms with E-state index in [2.05, 4.69) is 6.07 Å². The molecule has 2 amide bonds. The van der Waals surface area contributed by atoms with Gasteiger partial charge in [0.05, 0.1) is 29.3 Å². The van der Waals surface area contributed by atoms with E-state index in [1.54, 1.807) is 25.1 Å². The van der Waals surface area contributed by atoms with Gasteiger partial charge in [-0.1, -0.05) is 6.07 Å². The first-order valence-corrected chi connectivity index (χ1v) is 13.2. The third-order valence-electron chi connectivity index (χ3n) is 6.53. The summed E-state index contributed by atoms with van der Waals surface area (Å²) >= 11 is 12.8. The molecule has 2 saturated heterocycles. The maximum Gasteiger partial charge on any atom is 0.261 e. The highest BCUT2D eigenvalue weighted by atomic mass is 35.5. The van der Waals surface area contributed by atoms with Gasteiger partial charge >= 0.3 is 0 Å². The Morgan fingerprint density at radius 3 is 2.37 bits per heavy atom. The van der Waals surface area contributed by atoms with Crippen molar-refractivity contribution in [2.24, 2.45) is 5.41 Å². The van der Waals surface area contributed by atoms with Crippen LogP contribution in [0.1, 0.15) is 31.9 Å². The molecular weight excluding hydrogens is 537 g/mol. The summed E-state index contributed by atoms with van der Waals surface area (Å²) in [5.74, 6) is -0.978. The summed E-state index contributed by atoms with van der Waals surface area (Å²) < 4.78 is 10.9. The Balaban J connectivity index is 1.94. The highest BCUT2D eigenvalue weighted by Crippen LogP contribution is 2.62. The quantitative estimate of drug-likeness (QED) is 0.503. The van der Waals surface area contributed by atoms with E-state index in [0.29, 0.717) is 40.6 Å². The van der Waals surface area contributed by atoms with Gasteiger partial charge in [0.1, 0.15) is 0 Å². The van der Waals surface area contributed by atoms with E-state index >= 15 is 0 Å². The van der Waals surface area contributed by atoms with Crippen LogP contribution in [0.15, 0.2) is 18.2 Å². The maximum absolute atomic E-state index is 14.2. The minimum Gasteiger partial charge on any atom is -0.454 e. The summed E-state index contributed by atoms with van der Waals surface area (Å²) in [5.41, 5.74) is -0.743. The summed E-state index contributed by atoms with van der Waals surface area (Å²) in [6, 6.07) is 6.37. The number of rotatable bonds is 5. The molecule has 1 aromatic carbocycles. The van der Waals surface area contributed by atoms with Crippen LogP contribution in [0.4, 0.5) is 0 Å². The lowest BCUT2D eigenvalue weighted by atomic mass is 9.79. The topological polar surface area (TPSA) is 117 Å². The molecule has 35 heavy (non-hydrogen) atoms. The van der Waals surface area contributed by atoms with E-state index in [0.717, 1.165) is 4.90 Å². The van der Waals surface area contributed by atoms with Crippen LogP contribution in [0.2, 0.25) is 0 Å². The number of thioether (sulfide) groups is 2.